The molecule has 0 bridgehead atoms. The summed E-state index contributed by atoms with van der Waals surface area (Å²) in [6.45, 7) is 2.88. The Bertz CT molecular complexity index is 517. The van der Waals surface area contributed by atoms with Gasteiger partial charge in [0, 0.05) is 6.54 Å². The number of carboxylic acid groups (broad SMARTS) is 1. The van der Waals surface area contributed by atoms with Crippen molar-refractivity contribution in [1.29, 1.82) is 0 Å². The number of amides is 1. The van der Waals surface area contributed by atoms with E-state index in [1.807, 2.05) is 25.1 Å². The number of rotatable bonds is 5. The third-order valence-electron chi connectivity index (χ3n) is 3.40. The van der Waals surface area contributed by atoms with Crippen molar-refractivity contribution in [2.75, 3.05) is 26.4 Å². The zero-order valence-corrected chi connectivity index (χ0v) is 11.9. The predicted octanol–water partition coefficient (Wildman–Crippen LogP) is 1.08. The van der Waals surface area contributed by atoms with Gasteiger partial charge in [-0.3, -0.25) is 9.59 Å². The van der Waals surface area contributed by atoms with Crippen LogP contribution in [-0.2, 0) is 14.3 Å². The lowest BCUT2D eigenvalue weighted by Crippen LogP contribution is -2.51. The van der Waals surface area contributed by atoms with E-state index in [1.54, 1.807) is 6.07 Å². The number of carboxylic acids is 1. The highest BCUT2D eigenvalue weighted by molar-refractivity contribution is 5.79. The van der Waals surface area contributed by atoms with Crippen LogP contribution < -0.4 is 4.74 Å². The molecule has 0 aliphatic carbocycles. The van der Waals surface area contributed by atoms with Gasteiger partial charge in [0.05, 0.1) is 25.7 Å². The molecular weight excluding hydrogens is 274 g/mol. The van der Waals surface area contributed by atoms with E-state index in [9.17, 15) is 9.59 Å². The maximum Gasteiger partial charge on any atom is 0.305 e. The van der Waals surface area contributed by atoms with Gasteiger partial charge >= 0.3 is 5.97 Å². The highest BCUT2D eigenvalue weighted by Crippen LogP contribution is 2.17. The number of hydrogen-bond acceptors (Lipinski definition) is 4. The van der Waals surface area contributed by atoms with Crippen molar-refractivity contribution in [3.8, 4) is 5.75 Å². The van der Waals surface area contributed by atoms with Gasteiger partial charge in [0.2, 0.25) is 0 Å². The first-order valence-corrected chi connectivity index (χ1v) is 6.85. The van der Waals surface area contributed by atoms with Crippen LogP contribution in [0.4, 0.5) is 0 Å². The summed E-state index contributed by atoms with van der Waals surface area (Å²) in [6.07, 6.45) is -0.115. The molecule has 1 atom stereocenters. The summed E-state index contributed by atoms with van der Waals surface area (Å²) in [7, 11) is 0. The number of carbonyl (C=O) groups is 2. The summed E-state index contributed by atoms with van der Waals surface area (Å²) in [5.41, 5.74) is 0.953. The van der Waals surface area contributed by atoms with Gasteiger partial charge in [0.1, 0.15) is 5.75 Å². The third-order valence-corrected chi connectivity index (χ3v) is 3.40. The molecule has 1 heterocycles. The fraction of sp³-hybridized carbons (Fsp3) is 0.467. The number of para-hydroxylation sites is 1. The number of nitrogens with zero attached hydrogens (tertiary/aromatic N) is 1. The highest BCUT2D eigenvalue weighted by Gasteiger charge is 2.29. The molecule has 1 amide bonds. The zero-order chi connectivity index (χ0) is 15.2. The first-order chi connectivity index (χ1) is 10.1. The van der Waals surface area contributed by atoms with Crippen molar-refractivity contribution < 1.29 is 24.2 Å². The minimum Gasteiger partial charge on any atom is -0.484 e. The van der Waals surface area contributed by atoms with E-state index >= 15 is 0 Å². The van der Waals surface area contributed by atoms with Gasteiger partial charge in [-0.25, -0.2) is 0 Å². The lowest BCUT2D eigenvalue weighted by Gasteiger charge is -2.34. The molecule has 21 heavy (non-hydrogen) atoms. The zero-order valence-electron chi connectivity index (χ0n) is 11.9. The van der Waals surface area contributed by atoms with Crippen LogP contribution in [-0.4, -0.2) is 54.3 Å². The Morgan fingerprint density at radius 2 is 2.19 bits per heavy atom. The Kier molecular flexibility index (Phi) is 5.16. The fourth-order valence-electron chi connectivity index (χ4n) is 2.29. The van der Waals surface area contributed by atoms with Gasteiger partial charge < -0.3 is 19.5 Å². The molecule has 1 aromatic carbocycles. The summed E-state index contributed by atoms with van der Waals surface area (Å²) >= 11 is 0. The van der Waals surface area contributed by atoms with Crippen molar-refractivity contribution in [2.24, 2.45) is 0 Å². The minimum absolute atomic E-state index is 0.0963. The van der Waals surface area contributed by atoms with Crippen LogP contribution in [0.3, 0.4) is 0 Å². The molecule has 1 aliphatic rings. The molecule has 6 heteroatoms. The van der Waals surface area contributed by atoms with Gasteiger partial charge in [-0.2, -0.15) is 0 Å². The van der Waals surface area contributed by atoms with Gasteiger partial charge in [0.15, 0.2) is 6.61 Å². The maximum absolute atomic E-state index is 12.2. The second-order valence-electron chi connectivity index (χ2n) is 4.97. The standard InChI is InChI=1S/C15H19NO5/c1-11-4-2-3-5-13(11)21-10-14(17)16-6-7-20-9-12(16)8-15(18)19/h2-5,12H,6-10H2,1H3,(H,18,19). The second-order valence-corrected chi connectivity index (χ2v) is 4.97. The van der Waals surface area contributed by atoms with Gasteiger partial charge in [-0.15, -0.1) is 0 Å². The molecule has 2 rings (SSSR count). The Balaban J connectivity index is 1.94. The van der Waals surface area contributed by atoms with E-state index in [2.05, 4.69) is 0 Å². The summed E-state index contributed by atoms with van der Waals surface area (Å²) in [6, 6.07) is 7.02. The monoisotopic (exact) mass is 293 g/mol. The van der Waals surface area contributed by atoms with Crippen LogP contribution in [0.2, 0.25) is 0 Å². The van der Waals surface area contributed by atoms with Crippen molar-refractivity contribution in [3.05, 3.63) is 29.8 Å². The molecule has 1 N–H and O–H groups in total. The number of ether oxygens (including phenoxy) is 2. The summed E-state index contributed by atoms with van der Waals surface area (Å²) in [5, 5.41) is 8.88. The largest absolute Gasteiger partial charge is 0.484 e. The topological polar surface area (TPSA) is 76.1 Å². The van der Waals surface area contributed by atoms with Crippen LogP contribution in [0.5, 0.6) is 5.75 Å². The van der Waals surface area contributed by atoms with Gasteiger partial charge in [0.25, 0.3) is 5.91 Å². The maximum atomic E-state index is 12.2. The molecule has 1 unspecified atom stereocenters. The van der Waals surface area contributed by atoms with Crippen LogP contribution in [0.15, 0.2) is 24.3 Å². The number of aliphatic carboxylic acids is 1. The third kappa shape index (κ3) is 4.19. The molecule has 0 saturated carbocycles. The van der Waals surface area contributed by atoms with E-state index in [0.717, 1.165) is 5.56 Å². The Morgan fingerprint density at radius 3 is 2.90 bits per heavy atom. The predicted molar refractivity (Wildman–Crippen MR) is 75.2 cm³/mol. The van der Waals surface area contributed by atoms with Crippen LogP contribution in [0.1, 0.15) is 12.0 Å². The lowest BCUT2D eigenvalue weighted by atomic mass is 10.1. The van der Waals surface area contributed by atoms with Crippen molar-refractivity contribution in [2.45, 2.75) is 19.4 Å². The molecular formula is C15H19NO5. The number of aryl methyl sites for hydroxylation is 1. The van der Waals surface area contributed by atoms with Crippen LogP contribution in [0, 0.1) is 6.92 Å². The summed E-state index contributed by atoms with van der Waals surface area (Å²) in [4.78, 5) is 24.6. The summed E-state index contributed by atoms with van der Waals surface area (Å²) < 4.78 is 10.8. The first-order valence-electron chi connectivity index (χ1n) is 6.85. The fourth-order valence-corrected chi connectivity index (χ4v) is 2.29. The van der Waals surface area contributed by atoms with Gasteiger partial charge in [-0.05, 0) is 18.6 Å². The van der Waals surface area contributed by atoms with Crippen LogP contribution in [0.25, 0.3) is 0 Å². The SMILES string of the molecule is Cc1ccccc1OCC(=O)N1CCOCC1CC(=O)O. The van der Waals surface area contributed by atoms with E-state index in [0.29, 0.717) is 18.9 Å². The Morgan fingerprint density at radius 1 is 1.43 bits per heavy atom. The van der Waals surface area contributed by atoms with E-state index < -0.39 is 12.0 Å². The van der Waals surface area contributed by atoms with Gasteiger partial charge in [-0.1, -0.05) is 18.2 Å². The Labute approximate surface area is 123 Å². The van der Waals surface area contributed by atoms with Crippen molar-refractivity contribution in [3.63, 3.8) is 0 Å². The summed E-state index contributed by atoms with van der Waals surface area (Å²) in [5.74, 6) is -0.496. The molecule has 6 nitrogen and oxygen atoms in total. The molecule has 0 radical (unpaired) electrons. The molecule has 1 fully saturated rings. The number of benzene rings is 1. The molecule has 0 aromatic heterocycles. The quantitative estimate of drug-likeness (QED) is 0.879. The van der Waals surface area contributed by atoms with Crippen LogP contribution >= 0.6 is 0 Å². The van der Waals surface area contributed by atoms with Crippen molar-refractivity contribution >= 4 is 11.9 Å². The molecule has 0 spiro atoms. The van der Waals surface area contributed by atoms with Crippen molar-refractivity contribution in [1.82, 2.24) is 4.90 Å². The van der Waals surface area contributed by atoms with E-state index in [4.69, 9.17) is 14.6 Å². The number of carbonyl (C=O) groups excluding carboxylic acids is 1. The average molecular weight is 293 g/mol. The van der Waals surface area contributed by atoms with E-state index in [1.165, 1.54) is 4.90 Å². The molecule has 1 aliphatic heterocycles. The number of morpholine rings is 1. The highest BCUT2D eigenvalue weighted by atomic mass is 16.5. The smallest absolute Gasteiger partial charge is 0.305 e. The Hall–Kier alpha value is -2.08. The van der Waals surface area contributed by atoms with E-state index in [-0.39, 0.29) is 25.5 Å². The molecule has 114 valence electrons. The minimum atomic E-state index is -0.942. The second kappa shape index (κ2) is 7.08. The first kappa shape index (κ1) is 15.3. The number of hydrogen-bond donors (Lipinski definition) is 1. The molecule has 1 aromatic rings. The average Bonchev–Trinajstić information content (AvgIpc) is 2.46. The molecule has 1 saturated heterocycles. The lowest BCUT2D eigenvalue weighted by molar-refractivity contribution is -0.147. The normalized spacial score (nSPS) is 18.3.